The van der Waals surface area contributed by atoms with E-state index in [9.17, 15) is 22.0 Å². The Morgan fingerprint density at radius 2 is 1.96 bits per heavy atom. The van der Waals surface area contributed by atoms with E-state index >= 15 is 0 Å². The fourth-order valence-corrected chi connectivity index (χ4v) is 2.37. The topological polar surface area (TPSA) is 30.7 Å². The largest absolute Gasteiger partial charge is 0.449 e. The lowest BCUT2D eigenvalue weighted by Crippen LogP contribution is -2.17. The molecule has 8 heteroatoms. The first-order valence-corrected chi connectivity index (χ1v) is 6.55. The Hall–Kier alpha value is -2.51. The van der Waals surface area contributed by atoms with E-state index in [4.69, 9.17) is 0 Å². The summed E-state index contributed by atoms with van der Waals surface area (Å²) in [7, 11) is 0. The fourth-order valence-electron chi connectivity index (χ4n) is 2.37. The standard InChI is InChI=1S/C15H9F5N3/c16-12(17)8-23-11-6-3-4-9(10-5-1-2-7-21-10)13(11)22-14(23)15(18,19)20/h1,3-7,12H,8H2. The van der Waals surface area contributed by atoms with E-state index in [-0.39, 0.29) is 11.0 Å². The zero-order valence-corrected chi connectivity index (χ0v) is 11.5. The summed E-state index contributed by atoms with van der Waals surface area (Å²) in [5, 5.41) is 0. The van der Waals surface area contributed by atoms with Crippen LogP contribution in [0.5, 0.6) is 0 Å². The van der Waals surface area contributed by atoms with Crippen molar-refractivity contribution >= 4 is 11.0 Å². The Labute approximate surface area is 127 Å². The van der Waals surface area contributed by atoms with Crippen molar-refractivity contribution in [3.05, 3.63) is 48.4 Å². The van der Waals surface area contributed by atoms with Gasteiger partial charge in [0.15, 0.2) is 0 Å². The van der Waals surface area contributed by atoms with Gasteiger partial charge in [0.25, 0.3) is 6.43 Å². The Balaban J connectivity index is 2.29. The van der Waals surface area contributed by atoms with Crippen LogP contribution in [0.2, 0.25) is 0 Å². The van der Waals surface area contributed by atoms with Crippen molar-refractivity contribution in [2.24, 2.45) is 0 Å². The summed E-state index contributed by atoms with van der Waals surface area (Å²) in [4.78, 5) is 7.59. The monoisotopic (exact) mass is 326 g/mol. The van der Waals surface area contributed by atoms with Crippen molar-refractivity contribution < 1.29 is 22.0 Å². The van der Waals surface area contributed by atoms with E-state index in [1.54, 1.807) is 18.2 Å². The van der Waals surface area contributed by atoms with Crippen LogP contribution in [0.25, 0.3) is 22.3 Å². The molecule has 0 aliphatic rings. The second kappa shape index (κ2) is 5.60. The molecule has 2 aromatic heterocycles. The van der Waals surface area contributed by atoms with Crippen LogP contribution in [0.4, 0.5) is 22.0 Å². The molecule has 1 radical (unpaired) electrons. The zero-order valence-electron chi connectivity index (χ0n) is 11.5. The number of pyridine rings is 1. The molecule has 0 aliphatic carbocycles. The molecule has 0 amide bonds. The molecule has 23 heavy (non-hydrogen) atoms. The normalized spacial score (nSPS) is 12.3. The summed E-state index contributed by atoms with van der Waals surface area (Å²) >= 11 is 0. The molecule has 0 N–H and O–H groups in total. The Morgan fingerprint density at radius 1 is 1.17 bits per heavy atom. The Bertz CT molecular complexity index is 824. The lowest BCUT2D eigenvalue weighted by molar-refractivity contribution is -0.147. The lowest BCUT2D eigenvalue weighted by Gasteiger charge is -2.10. The average Bonchev–Trinajstić information content (AvgIpc) is 2.86. The van der Waals surface area contributed by atoms with Crippen LogP contribution in [-0.4, -0.2) is 21.0 Å². The van der Waals surface area contributed by atoms with Gasteiger partial charge in [0.05, 0.1) is 23.3 Å². The highest BCUT2D eigenvalue weighted by Gasteiger charge is 2.38. The number of alkyl halides is 5. The second-order valence-electron chi connectivity index (χ2n) is 4.75. The van der Waals surface area contributed by atoms with Gasteiger partial charge in [-0.3, -0.25) is 4.98 Å². The molecule has 0 bridgehead atoms. The molecule has 2 heterocycles. The summed E-state index contributed by atoms with van der Waals surface area (Å²) in [6.45, 7) is -1.08. The van der Waals surface area contributed by atoms with Crippen LogP contribution in [0.3, 0.4) is 0 Å². The minimum Gasteiger partial charge on any atom is -0.315 e. The SMILES string of the molecule is FC(F)Cn1c(C(F)(F)F)nc2c(-c3cc[c]cn3)cccc21. The van der Waals surface area contributed by atoms with Crippen LogP contribution in [0.1, 0.15) is 5.82 Å². The van der Waals surface area contributed by atoms with E-state index in [0.717, 1.165) is 0 Å². The number of rotatable bonds is 3. The number of nitrogens with zero attached hydrogens (tertiary/aromatic N) is 3. The number of halogens is 5. The van der Waals surface area contributed by atoms with Gasteiger partial charge >= 0.3 is 6.18 Å². The fraction of sp³-hybridized carbons (Fsp3) is 0.200. The van der Waals surface area contributed by atoms with Crippen LogP contribution in [-0.2, 0) is 12.7 Å². The van der Waals surface area contributed by atoms with Crippen molar-refractivity contribution in [2.75, 3.05) is 0 Å². The molecule has 0 aliphatic heterocycles. The van der Waals surface area contributed by atoms with Gasteiger partial charge in [-0.1, -0.05) is 18.2 Å². The average molecular weight is 326 g/mol. The van der Waals surface area contributed by atoms with E-state index < -0.39 is 25.0 Å². The molecular formula is C15H9F5N3. The molecule has 0 spiro atoms. The molecule has 0 saturated heterocycles. The molecular weight excluding hydrogens is 317 g/mol. The summed E-state index contributed by atoms with van der Waals surface area (Å²) in [5.41, 5.74) is 0.712. The van der Waals surface area contributed by atoms with Gasteiger partial charge in [-0.15, -0.1) is 0 Å². The van der Waals surface area contributed by atoms with Crippen molar-refractivity contribution in [3.8, 4) is 11.3 Å². The van der Waals surface area contributed by atoms with Crippen molar-refractivity contribution in [1.29, 1.82) is 0 Å². The summed E-state index contributed by atoms with van der Waals surface area (Å²) in [5.74, 6) is -1.34. The first-order valence-electron chi connectivity index (χ1n) is 6.55. The van der Waals surface area contributed by atoms with Gasteiger partial charge in [0, 0.05) is 17.8 Å². The minimum absolute atomic E-state index is 0.00948. The van der Waals surface area contributed by atoms with Gasteiger partial charge in [-0.05, 0) is 12.1 Å². The molecule has 0 atom stereocenters. The number of hydrogen-bond acceptors (Lipinski definition) is 2. The smallest absolute Gasteiger partial charge is 0.315 e. The van der Waals surface area contributed by atoms with Crippen molar-refractivity contribution in [3.63, 3.8) is 0 Å². The van der Waals surface area contributed by atoms with Gasteiger partial charge in [0.2, 0.25) is 5.82 Å². The summed E-state index contributed by atoms with van der Waals surface area (Å²) < 4.78 is 65.2. The number of fused-ring (bicyclic) bond motifs is 1. The molecule has 0 fully saturated rings. The van der Waals surface area contributed by atoms with Crippen LogP contribution < -0.4 is 0 Å². The van der Waals surface area contributed by atoms with Gasteiger partial charge < -0.3 is 4.57 Å². The third-order valence-corrected chi connectivity index (χ3v) is 3.24. The molecule has 0 unspecified atom stereocenters. The van der Waals surface area contributed by atoms with E-state index in [1.807, 2.05) is 0 Å². The molecule has 0 saturated carbocycles. The molecule has 3 aromatic rings. The Morgan fingerprint density at radius 3 is 2.57 bits per heavy atom. The highest BCUT2D eigenvalue weighted by atomic mass is 19.4. The predicted molar refractivity (Wildman–Crippen MR) is 72.8 cm³/mol. The van der Waals surface area contributed by atoms with Crippen LogP contribution in [0, 0.1) is 6.07 Å². The third-order valence-electron chi connectivity index (χ3n) is 3.24. The molecule has 119 valence electrons. The molecule has 3 rings (SSSR count). The maximum absolute atomic E-state index is 13.1. The van der Waals surface area contributed by atoms with Gasteiger partial charge in [-0.25, -0.2) is 13.8 Å². The minimum atomic E-state index is -4.83. The number of para-hydroxylation sites is 1. The number of hydrogen-bond donors (Lipinski definition) is 0. The molecule has 1 aromatic carbocycles. The number of imidazole rings is 1. The molecule has 3 nitrogen and oxygen atoms in total. The second-order valence-corrected chi connectivity index (χ2v) is 4.75. The van der Waals surface area contributed by atoms with Crippen LogP contribution in [0.15, 0.2) is 36.5 Å². The van der Waals surface area contributed by atoms with Crippen molar-refractivity contribution in [2.45, 2.75) is 19.1 Å². The maximum Gasteiger partial charge on any atom is 0.449 e. The number of benzene rings is 1. The van der Waals surface area contributed by atoms with E-state index in [1.165, 1.54) is 18.3 Å². The quantitative estimate of drug-likeness (QED) is 0.676. The predicted octanol–water partition coefficient (Wildman–Crippen LogP) is 4.18. The highest BCUT2D eigenvalue weighted by Crippen LogP contribution is 2.35. The first kappa shape index (κ1) is 15.4. The van der Waals surface area contributed by atoms with E-state index in [0.29, 0.717) is 15.8 Å². The van der Waals surface area contributed by atoms with Gasteiger partial charge in [-0.2, -0.15) is 13.2 Å². The Kier molecular flexibility index (Phi) is 3.75. The lowest BCUT2D eigenvalue weighted by atomic mass is 10.1. The highest BCUT2D eigenvalue weighted by molar-refractivity contribution is 5.91. The number of aromatic nitrogens is 3. The summed E-state index contributed by atoms with van der Waals surface area (Å²) in [6, 6.07) is 10.2. The zero-order chi connectivity index (χ0) is 16.6. The summed E-state index contributed by atoms with van der Waals surface area (Å²) in [6.07, 6.45) is -6.39. The van der Waals surface area contributed by atoms with Crippen LogP contribution >= 0.6 is 0 Å². The van der Waals surface area contributed by atoms with Gasteiger partial charge in [0.1, 0.15) is 0 Å². The van der Waals surface area contributed by atoms with E-state index in [2.05, 4.69) is 16.0 Å². The maximum atomic E-state index is 13.1. The first-order chi connectivity index (χ1) is 10.9. The van der Waals surface area contributed by atoms with Crippen molar-refractivity contribution in [1.82, 2.24) is 14.5 Å². The third kappa shape index (κ3) is 2.88.